The molecule has 2 aromatic rings. The molecule has 0 saturated carbocycles. The van der Waals surface area contributed by atoms with Crippen LogP contribution in [-0.4, -0.2) is 13.9 Å². The predicted molar refractivity (Wildman–Crippen MR) is 88.5 cm³/mol. The van der Waals surface area contributed by atoms with Crippen LogP contribution in [0.1, 0.15) is 43.6 Å². The number of benzene rings is 1. The van der Waals surface area contributed by atoms with E-state index in [9.17, 15) is 21.8 Å². The Morgan fingerprint density at radius 3 is 2.16 bits per heavy atom. The van der Waals surface area contributed by atoms with Gasteiger partial charge in [-0.15, -0.1) is 0 Å². The van der Waals surface area contributed by atoms with Crippen molar-refractivity contribution >= 4 is 11.0 Å². The van der Waals surface area contributed by atoms with Crippen LogP contribution in [0.4, 0.5) is 17.6 Å². The first-order valence-electron chi connectivity index (χ1n) is 7.46. The highest BCUT2D eigenvalue weighted by molar-refractivity contribution is 7.84. The molecule has 0 amide bonds. The third-order valence-corrected chi connectivity index (χ3v) is 4.97. The van der Waals surface area contributed by atoms with Gasteiger partial charge in [0.1, 0.15) is 5.82 Å². The van der Waals surface area contributed by atoms with Crippen molar-refractivity contribution in [3.63, 3.8) is 0 Å². The van der Waals surface area contributed by atoms with Crippen LogP contribution in [0, 0.1) is 5.82 Å². The first-order chi connectivity index (χ1) is 11.5. The van der Waals surface area contributed by atoms with Crippen LogP contribution in [0.2, 0.25) is 0 Å². The van der Waals surface area contributed by atoms with E-state index in [1.54, 1.807) is 20.8 Å². The van der Waals surface area contributed by atoms with Gasteiger partial charge in [-0.3, -0.25) is 4.98 Å². The molecule has 0 unspecified atom stereocenters. The van der Waals surface area contributed by atoms with Gasteiger partial charge in [0.05, 0.1) is 33.0 Å². The molecule has 2 atom stereocenters. The molecule has 25 heavy (non-hydrogen) atoms. The van der Waals surface area contributed by atoms with Gasteiger partial charge in [-0.1, -0.05) is 12.1 Å². The standard InChI is InChI=1S/C17H18F4N2OS/c1-16(2,3)25(24)23-14(15-13(18)5-4-10-22-15)11-6-8-12(9-7-11)17(19,20)21/h4-10,14,23H,1-3H3/t14-,25-/m0/s1. The van der Waals surface area contributed by atoms with Gasteiger partial charge in [-0.05, 0) is 50.6 Å². The minimum Gasteiger partial charge on any atom is -0.256 e. The molecule has 0 radical (unpaired) electrons. The quantitative estimate of drug-likeness (QED) is 0.807. The molecule has 0 aliphatic heterocycles. The molecule has 0 bridgehead atoms. The Morgan fingerprint density at radius 2 is 1.68 bits per heavy atom. The maximum Gasteiger partial charge on any atom is 0.416 e. The molecular weight excluding hydrogens is 356 g/mol. The van der Waals surface area contributed by atoms with Crippen molar-refractivity contribution in [1.82, 2.24) is 9.71 Å². The minimum atomic E-state index is -4.47. The summed E-state index contributed by atoms with van der Waals surface area (Å²) in [7, 11) is -1.58. The Hall–Kier alpha value is -1.80. The topological polar surface area (TPSA) is 42.0 Å². The van der Waals surface area contributed by atoms with Gasteiger partial charge >= 0.3 is 6.18 Å². The van der Waals surface area contributed by atoms with E-state index in [1.807, 2.05) is 0 Å². The Morgan fingerprint density at radius 1 is 1.08 bits per heavy atom. The average molecular weight is 374 g/mol. The van der Waals surface area contributed by atoms with E-state index in [-0.39, 0.29) is 5.69 Å². The van der Waals surface area contributed by atoms with Gasteiger partial charge in [0.25, 0.3) is 0 Å². The molecule has 136 valence electrons. The van der Waals surface area contributed by atoms with Crippen LogP contribution in [0.25, 0.3) is 0 Å². The summed E-state index contributed by atoms with van der Waals surface area (Å²) in [5.41, 5.74) is -0.503. The summed E-state index contributed by atoms with van der Waals surface area (Å²) >= 11 is 0. The second-order valence-electron chi connectivity index (χ2n) is 6.42. The van der Waals surface area contributed by atoms with Gasteiger partial charge in [-0.25, -0.2) is 13.3 Å². The molecule has 3 nitrogen and oxygen atoms in total. The number of aromatic nitrogens is 1. The second-order valence-corrected chi connectivity index (χ2v) is 8.42. The van der Waals surface area contributed by atoms with E-state index >= 15 is 0 Å². The maximum absolute atomic E-state index is 14.2. The van der Waals surface area contributed by atoms with Crippen LogP contribution in [0.15, 0.2) is 42.6 Å². The molecule has 0 aliphatic carbocycles. The number of halogens is 4. The average Bonchev–Trinajstić information content (AvgIpc) is 2.51. The fourth-order valence-electron chi connectivity index (χ4n) is 2.04. The zero-order valence-corrected chi connectivity index (χ0v) is 14.7. The molecule has 1 aromatic heterocycles. The van der Waals surface area contributed by atoms with Gasteiger partial charge < -0.3 is 0 Å². The first-order valence-corrected chi connectivity index (χ1v) is 8.61. The van der Waals surface area contributed by atoms with Crippen molar-refractivity contribution in [2.24, 2.45) is 0 Å². The number of hydrogen-bond acceptors (Lipinski definition) is 2. The lowest BCUT2D eigenvalue weighted by Gasteiger charge is -2.24. The largest absolute Gasteiger partial charge is 0.416 e. The van der Waals surface area contributed by atoms with E-state index in [2.05, 4.69) is 9.71 Å². The van der Waals surface area contributed by atoms with E-state index in [4.69, 9.17) is 0 Å². The summed E-state index contributed by atoms with van der Waals surface area (Å²) in [6.45, 7) is 5.19. The molecular formula is C17H18F4N2OS. The van der Waals surface area contributed by atoms with Gasteiger partial charge in [0.15, 0.2) is 0 Å². The second kappa shape index (κ2) is 7.21. The molecule has 1 N–H and O–H groups in total. The molecule has 0 spiro atoms. The molecule has 8 heteroatoms. The lowest BCUT2D eigenvalue weighted by atomic mass is 10.0. The predicted octanol–water partition coefficient (Wildman–Crippen LogP) is 4.38. The van der Waals surface area contributed by atoms with Crippen molar-refractivity contribution in [3.8, 4) is 0 Å². The Balaban J connectivity index is 2.45. The fraction of sp³-hybridized carbons (Fsp3) is 0.353. The SMILES string of the molecule is CC(C)(C)[S@](=O)N[C@@H](c1ccc(C(F)(F)F)cc1)c1ncccc1F. The van der Waals surface area contributed by atoms with Gasteiger partial charge in [0, 0.05) is 6.20 Å². The summed E-state index contributed by atoms with van der Waals surface area (Å²) in [5.74, 6) is -0.634. The number of alkyl halides is 3. The summed E-state index contributed by atoms with van der Waals surface area (Å²) < 4.78 is 66.9. The van der Waals surface area contributed by atoms with Crippen molar-refractivity contribution in [3.05, 3.63) is 65.2 Å². The zero-order valence-electron chi connectivity index (χ0n) is 13.9. The van der Waals surface area contributed by atoms with E-state index in [0.29, 0.717) is 5.56 Å². The highest BCUT2D eigenvalue weighted by Gasteiger charge is 2.31. The number of nitrogens with one attached hydrogen (secondary N) is 1. The molecule has 0 aliphatic rings. The Kier molecular flexibility index (Phi) is 5.63. The minimum absolute atomic E-state index is 0.0279. The third-order valence-electron chi connectivity index (χ3n) is 3.41. The third kappa shape index (κ3) is 4.85. The van der Waals surface area contributed by atoms with Crippen molar-refractivity contribution in [1.29, 1.82) is 0 Å². The van der Waals surface area contributed by atoms with Gasteiger partial charge in [-0.2, -0.15) is 13.2 Å². The number of pyridine rings is 1. The highest BCUT2D eigenvalue weighted by atomic mass is 32.2. The maximum atomic E-state index is 14.2. The zero-order chi connectivity index (χ0) is 18.8. The number of rotatable bonds is 4. The smallest absolute Gasteiger partial charge is 0.256 e. The van der Waals surface area contributed by atoms with Crippen molar-refractivity contribution < 1.29 is 21.8 Å². The summed E-state index contributed by atoms with van der Waals surface area (Å²) in [6.07, 6.45) is -3.09. The van der Waals surface area contributed by atoms with Crippen LogP contribution in [0.5, 0.6) is 0 Å². The Bertz CT molecular complexity index is 754. The number of nitrogens with zero attached hydrogens (tertiary/aromatic N) is 1. The van der Waals surface area contributed by atoms with Gasteiger partial charge in [0.2, 0.25) is 0 Å². The van der Waals surface area contributed by atoms with E-state index < -0.39 is 39.3 Å². The normalized spacial score (nSPS) is 15.0. The summed E-state index contributed by atoms with van der Waals surface area (Å²) in [5, 5.41) is 0. The van der Waals surface area contributed by atoms with E-state index in [1.165, 1.54) is 30.5 Å². The molecule has 0 fully saturated rings. The van der Waals surface area contributed by atoms with Crippen LogP contribution < -0.4 is 4.72 Å². The van der Waals surface area contributed by atoms with E-state index in [0.717, 1.165) is 12.1 Å². The van der Waals surface area contributed by atoms with Crippen LogP contribution in [-0.2, 0) is 17.2 Å². The molecule has 0 saturated heterocycles. The molecule has 1 aromatic carbocycles. The Labute approximate surface area is 146 Å². The first kappa shape index (κ1) is 19.5. The highest BCUT2D eigenvalue weighted by Crippen LogP contribution is 2.31. The summed E-state index contributed by atoms with van der Waals surface area (Å²) in [6, 6.07) is 5.94. The lowest BCUT2D eigenvalue weighted by molar-refractivity contribution is -0.137. The molecule has 1 heterocycles. The van der Waals surface area contributed by atoms with Crippen LogP contribution >= 0.6 is 0 Å². The van der Waals surface area contributed by atoms with Crippen molar-refractivity contribution in [2.75, 3.05) is 0 Å². The molecule has 2 rings (SSSR count). The lowest BCUT2D eigenvalue weighted by Crippen LogP contribution is -2.36. The van der Waals surface area contributed by atoms with Crippen LogP contribution in [0.3, 0.4) is 0 Å². The fourth-order valence-corrected chi connectivity index (χ4v) is 2.86. The number of hydrogen-bond donors (Lipinski definition) is 1. The summed E-state index contributed by atoms with van der Waals surface area (Å²) in [4.78, 5) is 3.97. The van der Waals surface area contributed by atoms with Crippen molar-refractivity contribution in [2.45, 2.75) is 37.7 Å². The monoisotopic (exact) mass is 374 g/mol.